The zero-order valence-corrected chi connectivity index (χ0v) is 13.1. The Hall–Kier alpha value is -3.26. The van der Waals surface area contributed by atoms with Crippen LogP contribution in [0.5, 0.6) is 0 Å². The summed E-state index contributed by atoms with van der Waals surface area (Å²) in [5.74, 6) is -0.441. The number of carbonyl (C=O) groups excluding carboxylic acids is 1. The van der Waals surface area contributed by atoms with Crippen LogP contribution in [0.1, 0.15) is 10.5 Å². The molecule has 4 rings (SSSR count). The lowest BCUT2D eigenvalue weighted by atomic mass is 10.1. The summed E-state index contributed by atoms with van der Waals surface area (Å²) in [4.78, 5) is 35.1. The summed E-state index contributed by atoms with van der Waals surface area (Å²) in [6.07, 6.45) is 5.08. The second-order valence-corrected chi connectivity index (χ2v) is 5.92. The second-order valence-electron chi connectivity index (χ2n) is 5.05. The Labute approximate surface area is 139 Å². The molecule has 0 bridgehead atoms. The molecular weight excluding hydrogens is 326 g/mol. The van der Waals surface area contributed by atoms with Crippen molar-refractivity contribution in [2.24, 2.45) is 0 Å². The SMILES string of the molecule is O=C(Nc1cccc(-c2cn3ccsc3n2)c1)c1cc(=O)[nH]cn1. The van der Waals surface area contributed by atoms with Crippen molar-refractivity contribution in [3.05, 3.63) is 70.5 Å². The minimum Gasteiger partial charge on any atom is -0.321 e. The van der Waals surface area contributed by atoms with Crippen LogP contribution < -0.4 is 10.9 Å². The lowest BCUT2D eigenvalue weighted by Gasteiger charge is -2.05. The molecule has 118 valence electrons. The smallest absolute Gasteiger partial charge is 0.274 e. The number of fused-ring (bicyclic) bond motifs is 1. The predicted molar refractivity (Wildman–Crippen MR) is 91.3 cm³/mol. The van der Waals surface area contributed by atoms with E-state index in [0.29, 0.717) is 5.69 Å². The van der Waals surface area contributed by atoms with Gasteiger partial charge in [0, 0.05) is 35.1 Å². The number of nitrogens with zero attached hydrogens (tertiary/aromatic N) is 3. The highest BCUT2D eigenvalue weighted by molar-refractivity contribution is 7.15. The Bertz CT molecular complexity index is 1070. The molecule has 3 heterocycles. The lowest BCUT2D eigenvalue weighted by Crippen LogP contribution is -2.17. The van der Waals surface area contributed by atoms with Gasteiger partial charge in [-0.2, -0.15) is 0 Å². The van der Waals surface area contributed by atoms with Crippen LogP contribution in [0.3, 0.4) is 0 Å². The number of H-pyrrole nitrogens is 1. The molecule has 2 N–H and O–H groups in total. The maximum Gasteiger partial charge on any atom is 0.274 e. The van der Waals surface area contributed by atoms with Crippen molar-refractivity contribution in [1.82, 2.24) is 19.4 Å². The van der Waals surface area contributed by atoms with E-state index >= 15 is 0 Å². The fourth-order valence-electron chi connectivity index (χ4n) is 2.31. The van der Waals surface area contributed by atoms with Gasteiger partial charge in [-0.3, -0.25) is 14.0 Å². The molecule has 0 aliphatic heterocycles. The third-order valence-corrected chi connectivity index (χ3v) is 4.19. The number of benzene rings is 1. The monoisotopic (exact) mass is 337 g/mol. The average Bonchev–Trinajstić information content (AvgIpc) is 3.17. The van der Waals surface area contributed by atoms with Crippen LogP contribution in [0, 0.1) is 0 Å². The zero-order chi connectivity index (χ0) is 16.5. The van der Waals surface area contributed by atoms with Crippen LogP contribution in [-0.2, 0) is 0 Å². The van der Waals surface area contributed by atoms with E-state index in [1.807, 2.05) is 40.4 Å². The van der Waals surface area contributed by atoms with Crippen molar-refractivity contribution >= 4 is 27.9 Å². The van der Waals surface area contributed by atoms with Crippen LogP contribution in [-0.4, -0.2) is 25.3 Å². The number of imidazole rings is 1. The van der Waals surface area contributed by atoms with Gasteiger partial charge < -0.3 is 10.3 Å². The minimum absolute atomic E-state index is 0.0617. The molecule has 8 heteroatoms. The van der Waals surface area contributed by atoms with E-state index in [1.54, 1.807) is 17.4 Å². The van der Waals surface area contributed by atoms with Crippen molar-refractivity contribution in [3.8, 4) is 11.3 Å². The van der Waals surface area contributed by atoms with E-state index < -0.39 is 5.91 Å². The van der Waals surface area contributed by atoms with Gasteiger partial charge in [-0.15, -0.1) is 11.3 Å². The Kier molecular flexibility index (Phi) is 3.43. The molecule has 0 saturated heterocycles. The van der Waals surface area contributed by atoms with Gasteiger partial charge in [-0.25, -0.2) is 9.97 Å². The number of rotatable bonds is 3. The van der Waals surface area contributed by atoms with Crippen LogP contribution in [0.15, 0.2) is 59.2 Å². The summed E-state index contributed by atoms with van der Waals surface area (Å²) < 4.78 is 1.95. The Morgan fingerprint density at radius 2 is 2.21 bits per heavy atom. The van der Waals surface area contributed by atoms with Gasteiger partial charge in [0.2, 0.25) is 0 Å². The van der Waals surface area contributed by atoms with E-state index in [4.69, 9.17) is 0 Å². The van der Waals surface area contributed by atoms with E-state index in [1.165, 1.54) is 6.33 Å². The van der Waals surface area contributed by atoms with E-state index in [0.717, 1.165) is 22.3 Å². The fraction of sp³-hybridized carbons (Fsp3) is 0. The van der Waals surface area contributed by atoms with E-state index in [9.17, 15) is 9.59 Å². The van der Waals surface area contributed by atoms with Gasteiger partial charge >= 0.3 is 0 Å². The molecule has 0 atom stereocenters. The summed E-state index contributed by atoms with van der Waals surface area (Å²) in [6, 6.07) is 8.52. The molecule has 3 aromatic heterocycles. The van der Waals surface area contributed by atoms with Gasteiger partial charge in [0.05, 0.1) is 12.0 Å². The quantitative estimate of drug-likeness (QED) is 0.600. The van der Waals surface area contributed by atoms with Crippen molar-refractivity contribution in [1.29, 1.82) is 0 Å². The summed E-state index contributed by atoms with van der Waals surface area (Å²) >= 11 is 1.56. The highest BCUT2D eigenvalue weighted by Gasteiger charge is 2.10. The highest BCUT2D eigenvalue weighted by atomic mass is 32.1. The Morgan fingerprint density at radius 3 is 3.04 bits per heavy atom. The van der Waals surface area contributed by atoms with Gasteiger partial charge in [-0.05, 0) is 12.1 Å². The van der Waals surface area contributed by atoms with Gasteiger partial charge in [-0.1, -0.05) is 12.1 Å². The van der Waals surface area contributed by atoms with Gasteiger partial charge in [0.25, 0.3) is 11.5 Å². The van der Waals surface area contributed by atoms with Crippen molar-refractivity contribution in [2.45, 2.75) is 0 Å². The standard InChI is InChI=1S/C16H11N5O2S/c22-14-7-12(17-9-18-14)15(23)19-11-3-1-2-10(6-11)13-8-21-4-5-24-16(21)20-13/h1-9H,(H,19,23)(H,17,18,22). The van der Waals surface area contributed by atoms with Crippen LogP contribution in [0.2, 0.25) is 0 Å². The molecular formula is C16H11N5O2S. The van der Waals surface area contributed by atoms with E-state index in [2.05, 4.69) is 20.3 Å². The number of carbonyl (C=O) groups is 1. The maximum atomic E-state index is 12.2. The number of nitrogens with one attached hydrogen (secondary N) is 2. The summed E-state index contributed by atoms with van der Waals surface area (Å²) in [5, 5.41) is 4.71. The van der Waals surface area contributed by atoms with E-state index in [-0.39, 0.29) is 11.3 Å². The van der Waals surface area contributed by atoms with Gasteiger partial charge in [0.15, 0.2) is 4.96 Å². The highest BCUT2D eigenvalue weighted by Crippen LogP contribution is 2.24. The van der Waals surface area contributed by atoms with Crippen molar-refractivity contribution in [3.63, 3.8) is 0 Å². The Morgan fingerprint density at radius 1 is 1.29 bits per heavy atom. The van der Waals surface area contributed by atoms with Crippen molar-refractivity contribution in [2.75, 3.05) is 5.32 Å². The normalized spacial score (nSPS) is 10.8. The molecule has 0 saturated carbocycles. The largest absolute Gasteiger partial charge is 0.321 e. The molecule has 24 heavy (non-hydrogen) atoms. The molecule has 1 aromatic carbocycles. The number of thiazole rings is 1. The molecule has 4 aromatic rings. The second kappa shape index (κ2) is 5.74. The topological polar surface area (TPSA) is 92.2 Å². The molecule has 0 aliphatic rings. The number of hydrogen-bond acceptors (Lipinski definition) is 5. The first-order chi connectivity index (χ1) is 11.7. The molecule has 0 unspecified atom stereocenters. The molecule has 0 fully saturated rings. The molecule has 7 nitrogen and oxygen atoms in total. The first-order valence-electron chi connectivity index (χ1n) is 7.08. The fourth-order valence-corrected chi connectivity index (χ4v) is 3.01. The maximum absolute atomic E-state index is 12.2. The molecule has 1 amide bonds. The molecule has 0 radical (unpaired) electrons. The number of amides is 1. The number of aromatic nitrogens is 4. The number of hydrogen-bond donors (Lipinski definition) is 2. The van der Waals surface area contributed by atoms with Crippen LogP contribution >= 0.6 is 11.3 Å². The van der Waals surface area contributed by atoms with Crippen LogP contribution in [0.4, 0.5) is 5.69 Å². The molecule has 0 spiro atoms. The number of anilines is 1. The first-order valence-corrected chi connectivity index (χ1v) is 7.96. The summed E-state index contributed by atoms with van der Waals surface area (Å²) in [7, 11) is 0. The van der Waals surface area contributed by atoms with Crippen molar-refractivity contribution < 1.29 is 4.79 Å². The predicted octanol–water partition coefficient (Wildman–Crippen LogP) is 2.40. The Balaban J connectivity index is 1.61. The third kappa shape index (κ3) is 2.70. The van der Waals surface area contributed by atoms with Gasteiger partial charge in [0.1, 0.15) is 5.69 Å². The zero-order valence-electron chi connectivity index (χ0n) is 12.3. The first kappa shape index (κ1) is 14.3. The minimum atomic E-state index is -0.441. The number of aromatic amines is 1. The third-order valence-electron chi connectivity index (χ3n) is 3.42. The summed E-state index contributed by atoms with van der Waals surface area (Å²) in [6.45, 7) is 0. The summed E-state index contributed by atoms with van der Waals surface area (Å²) in [5.41, 5.74) is 2.01. The average molecular weight is 337 g/mol. The molecule has 0 aliphatic carbocycles. The lowest BCUT2D eigenvalue weighted by molar-refractivity contribution is 0.102. The van der Waals surface area contributed by atoms with Crippen LogP contribution in [0.25, 0.3) is 16.2 Å².